The summed E-state index contributed by atoms with van der Waals surface area (Å²) in [5.74, 6) is 1.12. The number of rotatable bonds is 7. The van der Waals surface area contributed by atoms with E-state index in [1.807, 2.05) is 12.1 Å². The van der Waals surface area contributed by atoms with Gasteiger partial charge in [-0.25, -0.2) is 0 Å². The highest BCUT2D eigenvalue weighted by molar-refractivity contribution is 5.25. The molecule has 25 heavy (non-hydrogen) atoms. The van der Waals surface area contributed by atoms with Gasteiger partial charge in [0.2, 0.25) is 0 Å². The molecule has 134 valence electrons. The van der Waals surface area contributed by atoms with E-state index < -0.39 is 0 Å². The Kier molecular flexibility index (Phi) is 6.52. The summed E-state index contributed by atoms with van der Waals surface area (Å²) >= 11 is 0. The van der Waals surface area contributed by atoms with Crippen LogP contribution in [0.4, 0.5) is 0 Å². The van der Waals surface area contributed by atoms with Gasteiger partial charge in [0.25, 0.3) is 0 Å². The van der Waals surface area contributed by atoms with Gasteiger partial charge in [-0.3, -0.25) is 0 Å². The van der Waals surface area contributed by atoms with Crippen LogP contribution in [-0.2, 0) is 6.42 Å². The Hall–Kier alpha value is -1.80. The topological polar surface area (TPSA) is 23.5 Å². The van der Waals surface area contributed by atoms with Gasteiger partial charge in [0.1, 0.15) is 5.75 Å². The number of hydrogen-bond acceptors (Lipinski definition) is 2. The first kappa shape index (κ1) is 18.0. The van der Waals surface area contributed by atoms with Crippen LogP contribution >= 0.6 is 0 Å². The minimum absolute atomic E-state index is 0.356. The van der Waals surface area contributed by atoms with Crippen molar-refractivity contribution in [2.45, 2.75) is 56.9 Å². The zero-order valence-electron chi connectivity index (χ0n) is 15.4. The summed E-state index contributed by atoms with van der Waals surface area (Å²) in [7, 11) is 2.30. The van der Waals surface area contributed by atoms with E-state index >= 15 is 0 Å². The zero-order chi connectivity index (χ0) is 17.5. The van der Waals surface area contributed by atoms with Gasteiger partial charge in [-0.15, -0.1) is 0 Å². The number of aromatic hydroxyl groups is 1. The van der Waals surface area contributed by atoms with Crippen LogP contribution in [0.3, 0.4) is 0 Å². The van der Waals surface area contributed by atoms with Crippen molar-refractivity contribution < 1.29 is 5.11 Å². The molecule has 0 aromatic heterocycles. The third kappa shape index (κ3) is 5.34. The van der Waals surface area contributed by atoms with Gasteiger partial charge in [0, 0.05) is 6.04 Å². The number of nitrogens with zero attached hydrogens (tertiary/aromatic N) is 1. The minimum Gasteiger partial charge on any atom is -0.508 e. The Morgan fingerprint density at radius 1 is 0.880 bits per heavy atom. The molecular formula is C23H31NO. The average Bonchev–Trinajstić information content (AvgIpc) is 2.67. The fraction of sp³-hybridized carbons (Fsp3) is 0.478. The molecule has 0 atom stereocenters. The lowest BCUT2D eigenvalue weighted by Gasteiger charge is -2.35. The van der Waals surface area contributed by atoms with Crippen molar-refractivity contribution >= 4 is 0 Å². The van der Waals surface area contributed by atoms with Crippen molar-refractivity contribution in [2.24, 2.45) is 0 Å². The van der Waals surface area contributed by atoms with E-state index in [4.69, 9.17) is 0 Å². The van der Waals surface area contributed by atoms with Crippen molar-refractivity contribution in [3.05, 3.63) is 65.7 Å². The molecule has 0 radical (unpaired) electrons. The Balaban J connectivity index is 1.35. The first-order chi connectivity index (χ1) is 12.2. The summed E-state index contributed by atoms with van der Waals surface area (Å²) < 4.78 is 0. The average molecular weight is 338 g/mol. The molecule has 0 unspecified atom stereocenters. The third-order valence-corrected chi connectivity index (χ3v) is 5.75. The normalized spacial score (nSPS) is 20.7. The molecule has 2 nitrogen and oxygen atoms in total. The molecule has 1 aliphatic rings. The van der Waals surface area contributed by atoms with Gasteiger partial charge in [-0.2, -0.15) is 0 Å². The lowest BCUT2D eigenvalue weighted by Crippen LogP contribution is -2.35. The smallest absolute Gasteiger partial charge is 0.115 e. The fourth-order valence-corrected chi connectivity index (χ4v) is 4.11. The Morgan fingerprint density at radius 2 is 1.56 bits per heavy atom. The molecule has 2 aromatic rings. The standard InChI is InChI=1S/C23H31NO/c1-24(18-6-5-7-19-10-16-23(25)17-11-19)22-14-12-21(13-15-22)20-8-3-2-4-9-20/h2-4,8-11,16-17,21-22,25H,5-7,12-15,18H2,1H3/t21-,22-. The monoisotopic (exact) mass is 337 g/mol. The second-order valence-corrected chi connectivity index (χ2v) is 7.52. The summed E-state index contributed by atoms with van der Waals surface area (Å²) in [6.45, 7) is 1.19. The van der Waals surface area contributed by atoms with Crippen LogP contribution in [-0.4, -0.2) is 29.6 Å². The summed E-state index contributed by atoms with van der Waals surface area (Å²) in [6, 6.07) is 19.4. The first-order valence-corrected chi connectivity index (χ1v) is 9.75. The molecule has 1 aliphatic carbocycles. The van der Waals surface area contributed by atoms with E-state index in [1.54, 1.807) is 12.1 Å². The van der Waals surface area contributed by atoms with Crippen LogP contribution in [0.1, 0.15) is 55.6 Å². The van der Waals surface area contributed by atoms with E-state index in [1.165, 1.54) is 56.2 Å². The van der Waals surface area contributed by atoms with E-state index in [-0.39, 0.29) is 0 Å². The fourth-order valence-electron chi connectivity index (χ4n) is 4.11. The number of unbranched alkanes of at least 4 members (excludes halogenated alkanes) is 1. The van der Waals surface area contributed by atoms with Crippen molar-refractivity contribution in [3.63, 3.8) is 0 Å². The molecule has 1 N–H and O–H groups in total. The molecule has 0 amide bonds. The molecule has 0 aliphatic heterocycles. The number of hydrogen-bond donors (Lipinski definition) is 1. The van der Waals surface area contributed by atoms with Crippen LogP contribution in [0.25, 0.3) is 0 Å². The highest BCUT2D eigenvalue weighted by Crippen LogP contribution is 2.34. The van der Waals surface area contributed by atoms with Gasteiger partial charge in [-0.05, 0) is 87.7 Å². The predicted octanol–water partition coefficient (Wildman–Crippen LogP) is 5.37. The quantitative estimate of drug-likeness (QED) is 0.686. The molecular weight excluding hydrogens is 306 g/mol. The number of phenolic OH excluding ortho intramolecular Hbond substituents is 1. The highest BCUT2D eigenvalue weighted by atomic mass is 16.3. The first-order valence-electron chi connectivity index (χ1n) is 9.75. The largest absolute Gasteiger partial charge is 0.508 e. The predicted molar refractivity (Wildman–Crippen MR) is 105 cm³/mol. The van der Waals surface area contributed by atoms with E-state index in [0.717, 1.165) is 18.4 Å². The molecule has 1 saturated carbocycles. The van der Waals surface area contributed by atoms with Crippen LogP contribution in [0, 0.1) is 0 Å². The van der Waals surface area contributed by atoms with Crippen LogP contribution in [0.15, 0.2) is 54.6 Å². The summed E-state index contributed by atoms with van der Waals surface area (Å²) in [6.07, 6.45) is 8.88. The molecule has 0 spiro atoms. The number of benzene rings is 2. The van der Waals surface area contributed by atoms with E-state index in [0.29, 0.717) is 5.75 Å². The Morgan fingerprint density at radius 3 is 2.24 bits per heavy atom. The molecule has 2 aromatic carbocycles. The number of aryl methyl sites for hydroxylation is 1. The van der Waals surface area contributed by atoms with E-state index in [9.17, 15) is 5.11 Å². The second kappa shape index (κ2) is 9.05. The maximum absolute atomic E-state index is 9.33. The lowest BCUT2D eigenvalue weighted by atomic mass is 9.81. The van der Waals surface area contributed by atoms with Gasteiger partial charge < -0.3 is 10.0 Å². The van der Waals surface area contributed by atoms with Crippen LogP contribution in [0.5, 0.6) is 5.75 Å². The van der Waals surface area contributed by atoms with Crippen molar-refractivity contribution in [2.75, 3.05) is 13.6 Å². The maximum atomic E-state index is 9.33. The minimum atomic E-state index is 0.356. The van der Waals surface area contributed by atoms with Crippen molar-refractivity contribution in [3.8, 4) is 5.75 Å². The number of phenols is 1. The van der Waals surface area contributed by atoms with Crippen LogP contribution < -0.4 is 0 Å². The Labute approximate surface area is 152 Å². The molecule has 2 heteroatoms. The van der Waals surface area contributed by atoms with Gasteiger partial charge in [0.15, 0.2) is 0 Å². The molecule has 0 heterocycles. The maximum Gasteiger partial charge on any atom is 0.115 e. The zero-order valence-corrected chi connectivity index (χ0v) is 15.4. The van der Waals surface area contributed by atoms with Gasteiger partial charge >= 0.3 is 0 Å². The second-order valence-electron chi connectivity index (χ2n) is 7.52. The summed E-state index contributed by atoms with van der Waals surface area (Å²) in [5.41, 5.74) is 2.85. The Bertz CT molecular complexity index is 614. The lowest BCUT2D eigenvalue weighted by molar-refractivity contribution is 0.180. The highest BCUT2D eigenvalue weighted by Gasteiger charge is 2.24. The van der Waals surface area contributed by atoms with Gasteiger partial charge in [0.05, 0.1) is 0 Å². The van der Waals surface area contributed by atoms with E-state index in [2.05, 4.69) is 42.3 Å². The summed E-state index contributed by atoms with van der Waals surface area (Å²) in [4.78, 5) is 2.58. The molecule has 0 saturated heterocycles. The molecule has 0 bridgehead atoms. The van der Waals surface area contributed by atoms with Crippen molar-refractivity contribution in [1.29, 1.82) is 0 Å². The molecule has 3 rings (SSSR count). The third-order valence-electron chi connectivity index (χ3n) is 5.75. The summed E-state index contributed by atoms with van der Waals surface area (Å²) in [5, 5.41) is 9.33. The van der Waals surface area contributed by atoms with Crippen molar-refractivity contribution in [1.82, 2.24) is 4.90 Å². The SMILES string of the molecule is CN(CCCCc1ccc(O)cc1)[C@H]1CC[C@H](c2ccccc2)CC1. The van der Waals surface area contributed by atoms with Gasteiger partial charge in [-0.1, -0.05) is 42.5 Å². The van der Waals surface area contributed by atoms with Crippen LogP contribution in [0.2, 0.25) is 0 Å². The molecule has 1 fully saturated rings.